The zero-order valence-corrected chi connectivity index (χ0v) is 12.8. The molecule has 2 aliphatic rings. The molecule has 0 radical (unpaired) electrons. The molecule has 1 aromatic carbocycles. The molecule has 1 atom stereocenters. The van der Waals surface area contributed by atoms with Gasteiger partial charge >= 0.3 is 0 Å². The van der Waals surface area contributed by atoms with Gasteiger partial charge in [0, 0.05) is 42.5 Å². The number of nitrogens with zero attached hydrogens (tertiary/aromatic N) is 1. The molecule has 2 N–H and O–H groups in total. The number of hydrogen-bond donors (Lipinski definition) is 2. The summed E-state index contributed by atoms with van der Waals surface area (Å²) in [5.41, 5.74) is 1.76. The van der Waals surface area contributed by atoms with Crippen LogP contribution >= 0.6 is 0 Å². The number of aromatic amines is 1. The number of H-pyrrole nitrogens is 1. The van der Waals surface area contributed by atoms with Gasteiger partial charge in [-0.2, -0.15) is 0 Å². The van der Waals surface area contributed by atoms with E-state index in [2.05, 4.69) is 15.2 Å². The average molecular weight is 297 g/mol. The van der Waals surface area contributed by atoms with E-state index in [4.69, 9.17) is 0 Å². The van der Waals surface area contributed by atoms with Crippen LogP contribution in [0.1, 0.15) is 42.5 Å². The topological polar surface area (TPSA) is 48.1 Å². The van der Waals surface area contributed by atoms with Crippen LogP contribution < -0.4 is 5.32 Å². The third-order valence-corrected chi connectivity index (χ3v) is 5.21. The molecule has 1 aliphatic carbocycles. The standard InChI is InChI=1S/C18H23N3O/c22-18(14-6-5-13-7-9-19-17(13)11-14)20-15-8-10-21(12-15)16-3-1-2-4-16/h5-7,9,11,15-16,19H,1-4,8,10,12H2,(H,20,22). The molecule has 2 aromatic rings. The molecule has 1 aliphatic heterocycles. The Kier molecular flexibility index (Phi) is 3.62. The Labute approximate surface area is 130 Å². The minimum Gasteiger partial charge on any atom is -0.361 e. The van der Waals surface area contributed by atoms with Crippen molar-refractivity contribution in [3.8, 4) is 0 Å². The summed E-state index contributed by atoms with van der Waals surface area (Å²) in [6.07, 6.45) is 8.40. The van der Waals surface area contributed by atoms with E-state index in [9.17, 15) is 4.79 Å². The molecule has 2 heterocycles. The number of likely N-dealkylation sites (tertiary alicyclic amines) is 1. The second-order valence-electron chi connectivity index (χ2n) is 6.67. The van der Waals surface area contributed by atoms with E-state index in [1.165, 1.54) is 25.7 Å². The second kappa shape index (κ2) is 5.76. The van der Waals surface area contributed by atoms with Gasteiger partial charge in [-0.15, -0.1) is 0 Å². The molecule has 1 amide bonds. The predicted octanol–water partition coefficient (Wildman–Crippen LogP) is 2.91. The molecule has 4 rings (SSSR count). The number of fused-ring (bicyclic) bond motifs is 1. The number of nitrogens with one attached hydrogen (secondary N) is 2. The Morgan fingerprint density at radius 2 is 2.05 bits per heavy atom. The maximum atomic E-state index is 12.5. The molecule has 1 unspecified atom stereocenters. The Morgan fingerprint density at radius 3 is 2.91 bits per heavy atom. The predicted molar refractivity (Wildman–Crippen MR) is 88.0 cm³/mol. The molecule has 1 saturated carbocycles. The average Bonchev–Trinajstić information content (AvgIpc) is 3.27. The van der Waals surface area contributed by atoms with Crippen molar-refractivity contribution in [1.29, 1.82) is 0 Å². The van der Waals surface area contributed by atoms with Gasteiger partial charge < -0.3 is 10.3 Å². The lowest BCUT2D eigenvalue weighted by Gasteiger charge is -2.23. The number of hydrogen-bond acceptors (Lipinski definition) is 2. The second-order valence-corrected chi connectivity index (χ2v) is 6.67. The molecular weight excluding hydrogens is 274 g/mol. The van der Waals surface area contributed by atoms with Crippen molar-refractivity contribution in [2.75, 3.05) is 13.1 Å². The highest BCUT2D eigenvalue weighted by molar-refractivity contribution is 5.98. The zero-order chi connectivity index (χ0) is 14.9. The summed E-state index contributed by atoms with van der Waals surface area (Å²) >= 11 is 0. The van der Waals surface area contributed by atoms with Crippen molar-refractivity contribution in [2.45, 2.75) is 44.2 Å². The molecule has 22 heavy (non-hydrogen) atoms. The maximum absolute atomic E-state index is 12.5. The lowest BCUT2D eigenvalue weighted by molar-refractivity contribution is 0.0936. The van der Waals surface area contributed by atoms with E-state index in [1.54, 1.807) is 0 Å². The fourth-order valence-corrected chi connectivity index (χ4v) is 3.96. The minimum atomic E-state index is 0.0507. The molecule has 0 bridgehead atoms. The summed E-state index contributed by atoms with van der Waals surface area (Å²) in [5, 5.41) is 4.35. The van der Waals surface area contributed by atoms with Gasteiger partial charge in [0.1, 0.15) is 0 Å². The van der Waals surface area contributed by atoms with E-state index >= 15 is 0 Å². The minimum absolute atomic E-state index is 0.0507. The summed E-state index contributed by atoms with van der Waals surface area (Å²) in [5.74, 6) is 0.0507. The number of amides is 1. The molecule has 4 nitrogen and oxygen atoms in total. The van der Waals surface area contributed by atoms with Gasteiger partial charge in [-0.05, 0) is 42.8 Å². The van der Waals surface area contributed by atoms with Crippen molar-refractivity contribution in [3.63, 3.8) is 0 Å². The van der Waals surface area contributed by atoms with E-state index in [-0.39, 0.29) is 5.91 Å². The van der Waals surface area contributed by atoms with Crippen LogP contribution in [-0.4, -0.2) is 41.0 Å². The highest BCUT2D eigenvalue weighted by atomic mass is 16.1. The maximum Gasteiger partial charge on any atom is 0.251 e. The van der Waals surface area contributed by atoms with E-state index in [0.29, 0.717) is 6.04 Å². The van der Waals surface area contributed by atoms with Crippen molar-refractivity contribution in [1.82, 2.24) is 15.2 Å². The quantitative estimate of drug-likeness (QED) is 0.915. The SMILES string of the molecule is O=C(NC1CCN(C2CCCC2)C1)c1ccc2cc[nH]c2c1. The fraction of sp³-hybridized carbons (Fsp3) is 0.500. The Balaban J connectivity index is 1.39. The van der Waals surface area contributed by atoms with Crippen LogP contribution in [0.5, 0.6) is 0 Å². The van der Waals surface area contributed by atoms with Gasteiger partial charge in [-0.25, -0.2) is 0 Å². The Hall–Kier alpha value is -1.81. The zero-order valence-electron chi connectivity index (χ0n) is 12.8. The smallest absolute Gasteiger partial charge is 0.251 e. The molecule has 1 saturated heterocycles. The Morgan fingerprint density at radius 1 is 1.18 bits per heavy atom. The monoisotopic (exact) mass is 297 g/mol. The first-order valence-electron chi connectivity index (χ1n) is 8.42. The summed E-state index contributed by atoms with van der Waals surface area (Å²) in [6.45, 7) is 2.15. The highest BCUT2D eigenvalue weighted by Gasteiger charge is 2.30. The van der Waals surface area contributed by atoms with Crippen LogP contribution in [0, 0.1) is 0 Å². The van der Waals surface area contributed by atoms with Crippen LogP contribution in [0.15, 0.2) is 30.5 Å². The molecular formula is C18H23N3O. The van der Waals surface area contributed by atoms with Gasteiger partial charge in [0.25, 0.3) is 5.91 Å². The van der Waals surface area contributed by atoms with Crippen molar-refractivity contribution >= 4 is 16.8 Å². The molecule has 116 valence electrons. The van der Waals surface area contributed by atoms with Crippen molar-refractivity contribution < 1.29 is 4.79 Å². The Bertz CT molecular complexity index is 672. The summed E-state index contributed by atoms with van der Waals surface area (Å²) in [7, 11) is 0. The van der Waals surface area contributed by atoms with Crippen LogP contribution in [0.25, 0.3) is 10.9 Å². The van der Waals surface area contributed by atoms with Gasteiger partial charge in [0.2, 0.25) is 0 Å². The number of benzene rings is 1. The first-order valence-corrected chi connectivity index (χ1v) is 8.42. The molecule has 1 aromatic heterocycles. The van der Waals surface area contributed by atoms with Crippen LogP contribution in [0.4, 0.5) is 0 Å². The van der Waals surface area contributed by atoms with Gasteiger partial charge in [0.15, 0.2) is 0 Å². The number of rotatable bonds is 3. The van der Waals surface area contributed by atoms with E-state index in [0.717, 1.165) is 42.0 Å². The van der Waals surface area contributed by atoms with E-state index in [1.807, 2.05) is 30.5 Å². The third-order valence-electron chi connectivity index (χ3n) is 5.21. The molecule has 4 heteroatoms. The fourth-order valence-electron chi connectivity index (χ4n) is 3.96. The highest BCUT2D eigenvalue weighted by Crippen LogP contribution is 2.26. The normalized spacial score (nSPS) is 23.4. The largest absolute Gasteiger partial charge is 0.361 e. The first-order chi connectivity index (χ1) is 10.8. The van der Waals surface area contributed by atoms with Crippen molar-refractivity contribution in [3.05, 3.63) is 36.0 Å². The number of aromatic nitrogens is 1. The van der Waals surface area contributed by atoms with Crippen LogP contribution in [0.3, 0.4) is 0 Å². The van der Waals surface area contributed by atoms with Gasteiger partial charge in [-0.3, -0.25) is 9.69 Å². The van der Waals surface area contributed by atoms with Gasteiger partial charge in [-0.1, -0.05) is 18.9 Å². The van der Waals surface area contributed by atoms with Crippen LogP contribution in [0.2, 0.25) is 0 Å². The van der Waals surface area contributed by atoms with Crippen molar-refractivity contribution in [2.24, 2.45) is 0 Å². The lowest BCUT2D eigenvalue weighted by atomic mass is 10.1. The lowest BCUT2D eigenvalue weighted by Crippen LogP contribution is -2.39. The summed E-state index contributed by atoms with van der Waals surface area (Å²) < 4.78 is 0. The summed E-state index contributed by atoms with van der Waals surface area (Å²) in [4.78, 5) is 18.2. The van der Waals surface area contributed by atoms with E-state index < -0.39 is 0 Å². The third kappa shape index (κ3) is 2.63. The number of carbonyl (C=O) groups excluding carboxylic acids is 1. The molecule has 0 spiro atoms. The first kappa shape index (κ1) is 13.8. The molecule has 2 fully saturated rings. The van der Waals surface area contributed by atoms with Gasteiger partial charge in [0.05, 0.1) is 0 Å². The van der Waals surface area contributed by atoms with Crippen LogP contribution in [-0.2, 0) is 0 Å². The number of carbonyl (C=O) groups is 1. The summed E-state index contributed by atoms with van der Waals surface area (Å²) in [6, 6.07) is 8.93.